The monoisotopic (exact) mass is 357 g/mol. The molecule has 6 nitrogen and oxygen atoms in total. The van der Waals surface area contributed by atoms with Crippen molar-refractivity contribution in [1.29, 1.82) is 0 Å². The fraction of sp³-hybridized carbons (Fsp3) is 0.333. The topological polar surface area (TPSA) is 73.9 Å². The molecule has 2 rings (SSSR count). The zero-order valence-electron chi connectivity index (χ0n) is 13.1. The Labute approximate surface area is 140 Å². The first-order valence-corrected chi connectivity index (χ1v) is 9.21. The van der Waals surface area contributed by atoms with Crippen molar-refractivity contribution in [2.75, 3.05) is 27.9 Å². The third-order valence-corrected chi connectivity index (χ3v) is 5.45. The van der Waals surface area contributed by atoms with Gasteiger partial charge in [0, 0.05) is 19.7 Å². The molecule has 1 heterocycles. The smallest absolute Gasteiger partial charge is 0.240 e. The van der Waals surface area contributed by atoms with Crippen LogP contribution in [0.5, 0.6) is 11.5 Å². The van der Waals surface area contributed by atoms with Gasteiger partial charge in [-0.25, -0.2) is 13.1 Å². The highest BCUT2D eigenvalue weighted by Crippen LogP contribution is 2.29. The van der Waals surface area contributed by atoms with Crippen molar-refractivity contribution >= 4 is 21.4 Å². The molecule has 0 saturated carbocycles. The van der Waals surface area contributed by atoms with E-state index in [0.29, 0.717) is 11.5 Å². The first kappa shape index (κ1) is 17.7. The van der Waals surface area contributed by atoms with Gasteiger partial charge in [-0.3, -0.25) is 0 Å². The highest BCUT2D eigenvalue weighted by Gasteiger charge is 2.20. The molecule has 1 atom stereocenters. The molecule has 126 valence electrons. The Morgan fingerprint density at radius 2 is 1.87 bits per heavy atom. The van der Waals surface area contributed by atoms with Crippen molar-refractivity contribution in [1.82, 2.24) is 4.72 Å². The molecule has 0 spiro atoms. The van der Waals surface area contributed by atoms with Gasteiger partial charge < -0.3 is 14.2 Å². The van der Waals surface area contributed by atoms with Crippen LogP contribution in [-0.2, 0) is 14.8 Å². The van der Waals surface area contributed by atoms with E-state index >= 15 is 0 Å². The number of hydrogen-bond donors (Lipinski definition) is 1. The zero-order chi connectivity index (χ0) is 16.9. The predicted molar refractivity (Wildman–Crippen MR) is 88.8 cm³/mol. The van der Waals surface area contributed by atoms with Crippen LogP contribution in [0.15, 0.2) is 39.9 Å². The van der Waals surface area contributed by atoms with E-state index in [4.69, 9.17) is 14.2 Å². The Balaban J connectivity index is 2.15. The first-order valence-electron chi connectivity index (χ1n) is 6.78. The second-order valence-electron chi connectivity index (χ2n) is 4.65. The molecule has 1 unspecified atom stereocenters. The summed E-state index contributed by atoms with van der Waals surface area (Å²) >= 11 is 1.53. The zero-order valence-corrected chi connectivity index (χ0v) is 14.7. The summed E-state index contributed by atoms with van der Waals surface area (Å²) in [5.74, 6) is 0.830. The maximum Gasteiger partial charge on any atom is 0.240 e. The maximum absolute atomic E-state index is 12.4. The van der Waals surface area contributed by atoms with Crippen molar-refractivity contribution < 1.29 is 22.6 Å². The minimum absolute atomic E-state index is 0.107. The number of benzene rings is 1. The number of thiophene rings is 1. The number of sulfonamides is 1. The van der Waals surface area contributed by atoms with Gasteiger partial charge in [0.2, 0.25) is 10.0 Å². The average Bonchev–Trinajstić information content (AvgIpc) is 3.09. The van der Waals surface area contributed by atoms with Gasteiger partial charge in [-0.2, -0.15) is 11.3 Å². The summed E-state index contributed by atoms with van der Waals surface area (Å²) in [6.07, 6.45) is -0.337. The van der Waals surface area contributed by atoms with Gasteiger partial charge in [0.1, 0.15) is 0 Å². The number of rotatable bonds is 8. The van der Waals surface area contributed by atoms with Gasteiger partial charge in [0.25, 0.3) is 0 Å². The SMILES string of the molecule is COc1ccc(S(=O)(=O)NCC(OC)c2ccsc2)cc1OC. The standard InChI is InChI=1S/C15H19NO5S2/c1-19-13-5-4-12(8-14(13)20-2)23(17,18)16-9-15(21-3)11-6-7-22-10-11/h4-8,10,15-16H,9H2,1-3H3. The van der Waals surface area contributed by atoms with Crippen LogP contribution in [0.2, 0.25) is 0 Å². The van der Waals surface area contributed by atoms with Crippen molar-refractivity contribution in [3.8, 4) is 11.5 Å². The number of hydrogen-bond acceptors (Lipinski definition) is 6. The lowest BCUT2D eigenvalue weighted by Crippen LogP contribution is -2.29. The highest BCUT2D eigenvalue weighted by molar-refractivity contribution is 7.89. The molecular weight excluding hydrogens is 338 g/mol. The van der Waals surface area contributed by atoms with E-state index in [0.717, 1.165) is 5.56 Å². The molecule has 0 aliphatic heterocycles. The van der Waals surface area contributed by atoms with Crippen molar-refractivity contribution in [3.63, 3.8) is 0 Å². The summed E-state index contributed by atoms with van der Waals surface area (Å²) in [4.78, 5) is 0.107. The van der Waals surface area contributed by atoms with Crippen LogP contribution in [-0.4, -0.2) is 36.3 Å². The molecular formula is C15H19NO5S2. The van der Waals surface area contributed by atoms with Crippen LogP contribution in [0, 0.1) is 0 Å². The van der Waals surface area contributed by atoms with Crippen molar-refractivity contribution in [2.45, 2.75) is 11.0 Å². The van der Waals surface area contributed by atoms with Crippen LogP contribution in [0.1, 0.15) is 11.7 Å². The van der Waals surface area contributed by atoms with Crippen LogP contribution in [0.3, 0.4) is 0 Å². The number of ether oxygens (including phenoxy) is 3. The van der Waals surface area contributed by atoms with Gasteiger partial charge in [-0.1, -0.05) is 0 Å². The van der Waals surface area contributed by atoms with Gasteiger partial charge in [-0.05, 0) is 34.5 Å². The van der Waals surface area contributed by atoms with Crippen LogP contribution in [0.4, 0.5) is 0 Å². The fourth-order valence-corrected chi connectivity index (χ4v) is 3.80. The van der Waals surface area contributed by atoms with E-state index < -0.39 is 10.0 Å². The summed E-state index contributed by atoms with van der Waals surface area (Å²) in [5.41, 5.74) is 0.938. The molecule has 23 heavy (non-hydrogen) atoms. The lowest BCUT2D eigenvalue weighted by molar-refractivity contribution is 0.107. The molecule has 8 heteroatoms. The van der Waals surface area contributed by atoms with E-state index in [-0.39, 0.29) is 17.5 Å². The van der Waals surface area contributed by atoms with E-state index in [1.165, 1.54) is 37.7 Å². The third kappa shape index (κ3) is 4.23. The normalized spacial score (nSPS) is 12.8. The van der Waals surface area contributed by atoms with Gasteiger partial charge in [0.15, 0.2) is 11.5 Å². The summed E-state index contributed by atoms with van der Waals surface area (Å²) in [5, 5.41) is 3.85. The number of nitrogens with one attached hydrogen (secondary N) is 1. The van der Waals surface area contributed by atoms with E-state index in [1.54, 1.807) is 13.2 Å². The molecule has 0 saturated heterocycles. The highest BCUT2D eigenvalue weighted by atomic mass is 32.2. The summed E-state index contributed by atoms with van der Waals surface area (Å²) in [7, 11) is 0.824. The first-order chi connectivity index (χ1) is 11.0. The summed E-state index contributed by atoms with van der Waals surface area (Å²) in [6.45, 7) is 0.143. The predicted octanol–water partition coefficient (Wildman–Crippen LogP) is 2.43. The Morgan fingerprint density at radius 1 is 1.13 bits per heavy atom. The van der Waals surface area contributed by atoms with E-state index in [2.05, 4.69) is 4.72 Å². The molecule has 1 aromatic carbocycles. The molecule has 0 aliphatic carbocycles. The van der Waals surface area contributed by atoms with Gasteiger partial charge >= 0.3 is 0 Å². The quantitative estimate of drug-likeness (QED) is 0.785. The van der Waals surface area contributed by atoms with Crippen LogP contribution in [0.25, 0.3) is 0 Å². The largest absolute Gasteiger partial charge is 0.493 e. The second kappa shape index (κ2) is 7.78. The summed E-state index contributed by atoms with van der Waals surface area (Å²) in [6, 6.07) is 6.35. The summed E-state index contributed by atoms with van der Waals surface area (Å²) < 4.78 is 43.0. The minimum Gasteiger partial charge on any atom is -0.493 e. The lowest BCUT2D eigenvalue weighted by Gasteiger charge is -2.16. The number of methoxy groups -OCH3 is 3. The molecule has 0 aliphatic rings. The molecule has 1 aromatic heterocycles. The van der Waals surface area contributed by atoms with Crippen molar-refractivity contribution in [2.24, 2.45) is 0 Å². The van der Waals surface area contributed by atoms with Crippen LogP contribution >= 0.6 is 11.3 Å². The molecule has 0 fully saturated rings. The Morgan fingerprint density at radius 3 is 2.43 bits per heavy atom. The molecule has 0 amide bonds. The van der Waals surface area contributed by atoms with Gasteiger partial charge in [0.05, 0.1) is 25.2 Å². The third-order valence-electron chi connectivity index (χ3n) is 3.32. The fourth-order valence-electron chi connectivity index (χ4n) is 2.05. The molecule has 0 radical (unpaired) electrons. The lowest BCUT2D eigenvalue weighted by atomic mass is 10.2. The Bertz CT molecular complexity index is 728. The van der Waals surface area contributed by atoms with E-state index in [1.807, 2.05) is 16.8 Å². The molecule has 2 aromatic rings. The molecule has 0 bridgehead atoms. The Kier molecular flexibility index (Phi) is 6.00. The Hall–Kier alpha value is -1.61. The van der Waals surface area contributed by atoms with Crippen molar-refractivity contribution in [3.05, 3.63) is 40.6 Å². The maximum atomic E-state index is 12.4. The molecule has 1 N–H and O–H groups in total. The van der Waals surface area contributed by atoms with Crippen LogP contribution < -0.4 is 14.2 Å². The minimum atomic E-state index is -3.68. The van der Waals surface area contributed by atoms with Gasteiger partial charge in [-0.15, -0.1) is 0 Å². The van der Waals surface area contributed by atoms with E-state index in [9.17, 15) is 8.42 Å². The second-order valence-corrected chi connectivity index (χ2v) is 7.20. The average molecular weight is 357 g/mol.